The summed E-state index contributed by atoms with van der Waals surface area (Å²) < 4.78 is 10.2. The van der Waals surface area contributed by atoms with Crippen molar-refractivity contribution in [3.63, 3.8) is 0 Å². The van der Waals surface area contributed by atoms with E-state index in [4.69, 9.17) is 9.47 Å². The van der Waals surface area contributed by atoms with E-state index in [9.17, 15) is 10.1 Å². The Kier molecular flexibility index (Phi) is 7.50. The van der Waals surface area contributed by atoms with E-state index < -0.39 is 5.91 Å². The fourth-order valence-corrected chi connectivity index (χ4v) is 2.46. The summed E-state index contributed by atoms with van der Waals surface area (Å²) in [5.41, 5.74) is 0.830. The van der Waals surface area contributed by atoms with Gasteiger partial charge >= 0.3 is 0 Å². The Morgan fingerprint density at radius 2 is 2.23 bits per heavy atom. The lowest BCUT2D eigenvalue weighted by atomic mass is 10.1. The molecule has 6 heteroatoms. The number of hydrogen-bond acceptors (Lipinski definition) is 5. The van der Waals surface area contributed by atoms with Crippen LogP contribution < -0.4 is 10.1 Å². The van der Waals surface area contributed by atoms with Crippen molar-refractivity contribution in [3.05, 3.63) is 29.3 Å². The SMILES string of the molecule is COCC(C)NC(=O)/C(C#N)=C/c1ccc(OC)c(SC)c1. The third-order valence-electron chi connectivity index (χ3n) is 2.88. The smallest absolute Gasteiger partial charge is 0.262 e. The highest BCUT2D eigenvalue weighted by Crippen LogP contribution is 2.29. The normalized spacial score (nSPS) is 12.4. The summed E-state index contributed by atoms with van der Waals surface area (Å²) in [6.07, 6.45) is 3.50. The summed E-state index contributed by atoms with van der Waals surface area (Å²) in [4.78, 5) is 13.0. The van der Waals surface area contributed by atoms with E-state index in [0.717, 1.165) is 16.2 Å². The number of rotatable bonds is 7. The molecule has 0 saturated heterocycles. The van der Waals surface area contributed by atoms with E-state index in [-0.39, 0.29) is 11.6 Å². The minimum Gasteiger partial charge on any atom is -0.496 e. The molecule has 1 atom stereocenters. The van der Waals surface area contributed by atoms with Crippen molar-refractivity contribution in [1.29, 1.82) is 5.26 Å². The van der Waals surface area contributed by atoms with Gasteiger partial charge in [-0.25, -0.2) is 0 Å². The van der Waals surface area contributed by atoms with Crippen molar-refractivity contribution in [2.75, 3.05) is 27.1 Å². The van der Waals surface area contributed by atoms with Crippen LogP contribution in [0, 0.1) is 11.3 Å². The maximum Gasteiger partial charge on any atom is 0.262 e. The standard InChI is InChI=1S/C16H20N2O3S/c1-11(10-20-2)18-16(19)13(9-17)7-12-5-6-14(21-3)15(8-12)22-4/h5-8,11H,10H2,1-4H3,(H,18,19)/b13-7+. The molecule has 0 radical (unpaired) electrons. The van der Waals surface area contributed by atoms with Crippen LogP contribution in [0.4, 0.5) is 0 Å². The topological polar surface area (TPSA) is 71.3 Å². The van der Waals surface area contributed by atoms with E-state index in [2.05, 4.69) is 5.32 Å². The predicted molar refractivity (Wildman–Crippen MR) is 87.8 cm³/mol. The van der Waals surface area contributed by atoms with Crippen molar-refractivity contribution >= 4 is 23.7 Å². The maximum atomic E-state index is 12.1. The maximum absolute atomic E-state index is 12.1. The first-order valence-electron chi connectivity index (χ1n) is 6.69. The molecule has 0 aliphatic carbocycles. The van der Waals surface area contributed by atoms with E-state index in [1.807, 2.05) is 37.4 Å². The lowest BCUT2D eigenvalue weighted by Gasteiger charge is -2.12. The van der Waals surface area contributed by atoms with Crippen LogP contribution in [-0.4, -0.2) is 39.0 Å². The molecule has 22 heavy (non-hydrogen) atoms. The van der Waals surface area contributed by atoms with Crippen LogP contribution in [0.2, 0.25) is 0 Å². The summed E-state index contributed by atoms with van der Waals surface area (Å²) in [5.74, 6) is 0.356. The van der Waals surface area contributed by atoms with E-state index in [0.29, 0.717) is 6.61 Å². The van der Waals surface area contributed by atoms with E-state index in [1.165, 1.54) is 0 Å². The van der Waals surface area contributed by atoms with Gasteiger partial charge in [0, 0.05) is 18.0 Å². The Bertz CT molecular complexity index is 594. The zero-order valence-electron chi connectivity index (χ0n) is 13.2. The Morgan fingerprint density at radius 1 is 1.50 bits per heavy atom. The number of carbonyl (C=O) groups is 1. The molecule has 1 rings (SSSR count). The van der Waals surface area contributed by atoms with Gasteiger partial charge in [-0.15, -0.1) is 11.8 Å². The molecule has 1 unspecified atom stereocenters. The molecule has 1 aromatic rings. The predicted octanol–water partition coefficient (Wildman–Crippen LogP) is 2.48. The van der Waals surface area contributed by atoms with Crippen molar-refractivity contribution in [3.8, 4) is 11.8 Å². The zero-order valence-corrected chi connectivity index (χ0v) is 14.0. The van der Waals surface area contributed by atoms with Gasteiger partial charge in [-0.05, 0) is 37.0 Å². The number of ether oxygens (including phenoxy) is 2. The minimum atomic E-state index is -0.409. The average molecular weight is 320 g/mol. The Hall–Kier alpha value is -1.97. The third kappa shape index (κ3) is 5.10. The van der Waals surface area contributed by atoms with Gasteiger partial charge in [-0.1, -0.05) is 6.07 Å². The fraction of sp³-hybridized carbons (Fsp3) is 0.375. The lowest BCUT2D eigenvalue weighted by Crippen LogP contribution is -2.36. The summed E-state index contributed by atoms with van der Waals surface area (Å²) >= 11 is 1.54. The molecule has 0 bridgehead atoms. The Balaban J connectivity index is 2.97. The van der Waals surface area contributed by atoms with Crippen LogP contribution in [-0.2, 0) is 9.53 Å². The van der Waals surface area contributed by atoms with Crippen LogP contribution in [0.1, 0.15) is 12.5 Å². The van der Waals surface area contributed by atoms with E-state index in [1.54, 1.807) is 32.1 Å². The molecule has 0 fully saturated rings. The second kappa shape index (κ2) is 9.13. The van der Waals surface area contributed by atoms with Crippen LogP contribution in [0.25, 0.3) is 6.08 Å². The largest absolute Gasteiger partial charge is 0.496 e. The van der Waals surface area contributed by atoms with Crippen molar-refractivity contribution in [2.45, 2.75) is 17.9 Å². The van der Waals surface area contributed by atoms with Gasteiger partial charge in [0.05, 0.1) is 13.7 Å². The highest BCUT2D eigenvalue weighted by Gasteiger charge is 2.12. The van der Waals surface area contributed by atoms with E-state index >= 15 is 0 Å². The number of thioether (sulfide) groups is 1. The summed E-state index contributed by atoms with van der Waals surface area (Å²) in [7, 11) is 3.17. The Labute approximate surface area is 135 Å². The molecular weight excluding hydrogens is 300 g/mol. The third-order valence-corrected chi connectivity index (χ3v) is 3.64. The monoisotopic (exact) mass is 320 g/mol. The van der Waals surface area contributed by atoms with Crippen molar-refractivity contribution in [1.82, 2.24) is 5.32 Å². The molecule has 0 saturated carbocycles. The van der Waals surface area contributed by atoms with Crippen molar-refractivity contribution < 1.29 is 14.3 Å². The summed E-state index contributed by atoms with van der Waals surface area (Å²) in [6, 6.07) is 7.28. The van der Waals surface area contributed by atoms with Gasteiger partial charge < -0.3 is 14.8 Å². The molecule has 0 spiro atoms. The molecule has 5 nitrogen and oxygen atoms in total. The summed E-state index contributed by atoms with van der Waals surface area (Å²) in [6.45, 7) is 2.21. The molecule has 0 aliphatic heterocycles. The first-order valence-corrected chi connectivity index (χ1v) is 7.91. The van der Waals surface area contributed by atoms with Gasteiger partial charge in [0.15, 0.2) is 0 Å². The highest BCUT2D eigenvalue weighted by atomic mass is 32.2. The number of hydrogen-bond donors (Lipinski definition) is 1. The molecule has 0 aliphatic rings. The molecule has 0 aromatic heterocycles. The number of nitrogens with zero attached hydrogens (tertiary/aromatic N) is 1. The minimum absolute atomic E-state index is 0.0557. The van der Waals surface area contributed by atoms with Crippen molar-refractivity contribution in [2.24, 2.45) is 0 Å². The lowest BCUT2D eigenvalue weighted by molar-refractivity contribution is -0.117. The second-order valence-electron chi connectivity index (χ2n) is 4.61. The van der Waals surface area contributed by atoms with Crippen LogP contribution >= 0.6 is 11.8 Å². The molecule has 1 aromatic carbocycles. The molecule has 1 amide bonds. The molecule has 0 heterocycles. The number of nitriles is 1. The quantitative estimate of drug-likeness (QED) is 0.475. The first-order chi connectivity index (χ1) is 10.5. The van der Waals surface area contributed by atoms with Gasteiger partial charge in [-0.2, -0.15) is 5.26 Å². The van der Waals surface area contributed by atoms with Crippen LogP contribution in [0.15, 0.2) is 28.7 Å². The zero-order chi connectivity index (χ0) is 16.5. The average Bonchev–Trinajstić information content (AvgIpc) is 2.52. The number of amides is 1. The number of nitrogens with one attached hydrogen (secondary N) is 1. The number of carbonyl (C=O) groups excluding carboxylic acids is 1. The highest BCUT2D eigenvalue weighted by molar-refractivity contribution is 7.98. The molecule has 118 valence electrons. The summed E-state index contributed by atoms with van der Waals surface area (Å²) in [5, 5.41) is 11.9. The van der Waals surface area contributed by atoms with Crippen LogP contribution in [0.5, 0.6) is 5.75 Å². The molecule has 1 N–H and O–H groups in total. The van der Waals surface area contributed by atoms with Gasteiger partial charge in [0.1, 0.15) is 17.4 Å². The number of methoxy groups -OCH3 is 2. The number of benzene rings is 1. The second-order valence-corrected chi connectivity index (χ2v) is 5.46. The Morgan fingerprint density at radius 3 is 2.77 bits per heavy atom. The first kappa shape index (κ1) is 18.1. The molecular formula is C16H20N2O3S. The van der Waals surface area contributed by atoms with Gasteiger partial charge in [-0.3, -0.25) is 4.79 Å². The van der Waals surface area contributed by atoms with Gasteiger partial charge in [0.2, 0.25) is 0 Å². The van der Waals surface area contributed by atoms with Gasteiger partial charge in [0.25, 0.3) is 5.91 Å². The fourth-order valence-electron chi connectivity index (χ4n) is 1.85. The van der Waals surface area contributed by atoms with Crippen LogP contribution in [0.3, 0.4) is 0 Å².